The van der Waals surface area contributed by atoms with Crippen molar-refractivity contribution in [2.24, 2.45) is 35.5 Å². The molecule has 2 heteroatoms. The van der Waals surface area contributed by atoms with Crippen molar-refractivity contribution in [2.75, 3.05) is 6.61 Å². The third kappa shape index (κ3) is 0.773. The highest BCUT2D eigenvalue weighted by atomic mass is 16.5. The lowest BCUT2D eigenvalue weighted by molar-refractivity contribution is -0.143. The monoisotopic (exact) mass is 180 g/mol. The second-order valence-corrected chi connectivity index (χ2v) is 5.10. The van der Waals surface area contributed by atoms with Crippen LogP contribution in [0.2, 0.25) is 0 Å². The molecule has 2 nitrogen and oxygen atoms in total. The summed E-state index contributed by atoms with van der Waals surface area (Å²) < 4.78 is 5.16. The Morgan fingerprint density at radius 3 is 2.62 bits per heavy atom. The molecule has 72 valence electrons. The molecule has 6 atom stereocenters. The Bertz CT molecular complexity index is 261. The first-order chi connectivity index (χ1) is 6.20. The highest BCUT2D eigenvalue weighted by Crippen LogP contribution is 2.60. The van der Waals surface area contributed by atoms with Crippen molar-refractivity contribution in [3.63, 3.8) is 0 Å². The fraction of sp³-hybridized carbons (Fsp3) is 0.909. The van der Waals surface area contributed by atoms with E-state index in [2.05, 4.69) is 13.8 Å². The lowest BCUT2D eigenvalue weighted by atomic mass is 9.71. The number of hydrogen-bond donors (Lipinski definition) is 0. The summed E-state index contributed by atoms with van der Waals surface area (Å²) in [6.07, 6.45) is 1.28. The van der Waals surface area contributed by atoms with Gasteiger partial charge in [0.05, 0.1) is 12.5 Å². The summed E-state index contributed by atoms with van der Waals surface area (Å²) >= 11 is 0. The zero-order valence-electron chi connectivity index (χ0n) is 8.19. The Kier molecular flexibility index (Phi) is 1.38. The van der Waals surface area contributed by atoms with Crippen LogP contribution >= 0.6 is 0 Å². The predicted octanol–water partition coefficient (Wildman–Crippen LogP) is 1.70. The topological polar surface area (TPSA) is 26.3 Å². The lowest BCUT2D eigenvalue weighted by Crippen LogP contribution is -2.32. The van der Waals surface area contributed by atoms with Gasteiger partial charge in [-0.2, -0.15) is 0 Å². The summed E-state index contributed by atoms with van der Waals surface area (Å²) in [5.74, 6) is 3.89. The first-order valence-electron chi connectivity index (χ1n) is 5.37. The number of carbonyl (C=O) groups is 1. The first-order valence-corrected chi connectivity index (χ1v) is 5.37. The summed E-state index contributed by atoms with van der Waals surface area (Å²) in [6, 6.07) is 0. The Morgan fingerprint density at radius 1 is 1.15 bits per heavy atom. The molecule has 1 saturated heterocycles. The van der Waals surface area contributed by atoms with Crippen molar-refractivity contribution in [3.05, 3.63) is 0 Å². The quantitative estimate of drug-likeness (QED) is 0.530. The zero-order valence-corrected chi connectivity index (χ0v) is 8.19. The molecule has 0 amide bonds. The van der Waals surface area contributed by atoms with Gasteiger partial charge >= 0.3 is 5.97 Å². The summed E-state index contributed by atoms with van der Waals surface area (Å²) in [6.45, 7) is 5.35. The lowest BCUT2D eigenvalue weighted by Gasteiger charge is -2.31. The van der Waals surface area contributed by atoms with Crippen molar-refractivity contribution in [1.29, 1.82) is 0 Å². The minimum atomic E-state index is 0.0938. The zero-order chi connectivity index (χ0) is 9.16. The van der Waals surface area contributed by atoms with Crippen LogP contribution in [0.15, 0.2) is 0 Å². The number of esters is 1. The van der Waals surface area contributed by atoms with Crippen LogP contribution in [-0.4, -0.2) is 12.6 Å². The molecule has 0 radical (unpaired) electrons. The highest BCUT2D eigenvalue weighted by Gasteiger charge is 2.60. The number of carbonyl (C=O) groups excluding carboxylic acids is 1. The highest BCUT2D eigenvalue weighted by molar-refractivity contribution is 5.76. The molecule has 0 spiro atoms. The van der Waals surface area contributed by atoms with E-state index in [4.69, 9.17) is 4.74 Å². The number of ether oxygens (including phenoxy) is 1. The SMILES string of the molecule is CC1C2CC(C3C(=O)OCC23)[C@@H]1C. The van der Waals surface area contributed by atoms with Crippen molar-refractivity contribution >= 4 is 5.97 Å². The van der Waals surface area contributed by atoms with E-state index in [9.17, 15) is 4.79 Å². The smallest absolute Gasteiger partial charge is 0.309 e. The molecule has 2 aliphatic carbocycles. The fourth-order valence-electron chi connectivity index (χ4n) is 4.00. The van der Waals surface area contributed by atoms with E-state index >= 15 is 0 Å². The van der Waals surface area contributed by atoms with E-state index < -0.39 is 0 Å². The number of cyclic esters (lactones) is 1. The van der Waals surface area contributed by atoms with Gasteiger partial charge in [-0.1, -0.05) is 13.8 Å². The molecule has 2 saturated carbocycles. The molecule has 3 rings (SSSR count). The Morgan fingerprint density at radius 2 is 1.85 bits per heavy atom. The minimum absolute atomic E-state index is 0.0938. The van der Waals surface area contributed by atoms with Crippen LogP contribution in [0.3, 0.4) is 0 Å². The van der Waals surface area contributed by atoms with Gasteiger partial charge in [-0.15, -0.1) is 0 Å². The number of fused-ring (bicyclic) bond motifs is 5. The number of rotatable bonds is 0. The van der Waals surface area contributed by atoms with Crippen molar-refractivity contribution in [3.8, 4) is 0 Å². The van der Waals surface area contributed by atoms with Crippen LogP contribution in [0.25, 0.3) is 0 Å². The third-order valence-electron chi connectivity index (χ3n) is 4.89. The van der Waals surface area contributed by atoms with E-state index in [0.29, 0.717) is 18.4 Å². The molecule has 5 unspecified atom stereocenters. The van der Waals surface area contributed by atoms with Crippen molar-refractivity contribution in [2.45, 2.75) is 20.3 Å². The van der Waals surface area contributed by atoms with Crippen LogP contribution in [0, 0.1) is 35.5 Å². The van der Waals surface area contributed by atoms with Crippen LogP contribution in [-0.2, 0) is 9.53 Å². The minimum Gasteiger partial charge on any atom is -0.465 e. The maximum Gasteiger partial charge on any atom is 0.309 e. The second-order valence-electron chi connectivity index (χ2n) is 5.10. The molecule has 13 heavy (non-hydrogen) atoms. The number of hydrogen-bond acceptors (Lipinski definition) is 2. The Labute approximate surface area is 78.6 Å². The van der Waals surface area contributed by atoms with E-state index in [1.807, 2.05) is 0 Å². The van der Waals surface area contributed by atoms with Gasteiger partial charge in [-0.05, 0) is 30.1 Å². The maximum atomic E-state index is 11.5. The van der Waals surface area contributed by atoms with Crippen LogP contribution < -0.4 is 0 Å². The molecule has 3 aliphatic rings. The van der Waals surface area contributed by atoms with Gasteiger partial charge in [0, 0.05) is 5.92 Å². The summed E-state index contributed by atoms with van der Waals surface area (Å²) in [7, 11) is 0. The van der Waals surface area contributed by atoms with Gasteiger partial charge in [-0.3, -0.25) is 4.79 Å². The normalized spacial score (nSPS) is 58.2. The van der Waals surface area contributed by atoms with E-state index in [1.165, 1.54) is 6.42 Å². The molecule has 0 aromatic rings. The van der Waals surface area contributed by atoms with Gasteiger partial charge in [0.25, 0.3) is 0 Å². The average Bonchev–Trinajstić information content (AvgIpc) is 2.70. The molecule has 0 aromatic heterocycles. The molecule has 1 heterocycles. The largest absolute Gasteiger partial charge is 0.465 e. The van der Waals surface area contributed by atoms with Gasteiger partial charge in [-0.25, -0.2) is 0 Å². The molecule has 0 aromatic carbocycles. The third-order valence-corrected chi connectivity index (χ3v) is 4.89. The van der Waals surface area contributed by atoms with Gasteiger partial charge < -0.3 is 4.74 Å². The van der Waals surface area contributed by atoms with Gasteiger partial charge in [0.2, 0.25) is 0 Å². The van der Waals surface area contributed by atoms with Crippen LogP contribution in [0.1, 0.15) is 20.3 Å². The van der Waals surface area contributed by atoms with E-state index in [0.717, 1.165) is 17.8 Å². The Hall–Kier alpha value is -0.530. The van der Waals surface area contributed by atoms with Crippen LogP contribution in [0.4, 0.5) is 0 Å². The predicted molar refractivity (Wildman–Crippen MR) is 47.9 cm³/mol. The molecule has 0 N–H and O–H groups in total. The second kappa shape index (κ2) is 2.28. The van der Waals surface area contributed by atoms with Crippen LogP contribution in [0.5, 0.6) is 0 Å². The maximum absolute atomic E-state index is 11.5. The first kappa shape index (κ1) is 7.84. The summed E-state index contributed by atoms with van der Waals surface area (Å²) in [5, 5.41) is 0. The molecule has 1 aliphatic heterocycles. The standard InChI is InChI=1S/C11H16O2/c1-5-6(2)8-3-7(5)9-4-13-11(12)10(8)9/h5-10H,3-4H2,1-2H3/t5?,6-,7?,8?,9?,10?/m1/s1. The molecule has 2 bridgehead atoms. The summed E-state index contributed by atoms with van der Waals surface area (Å²) in [5.41, 5.74) is 0. The van der Waals surface area contributed by atoms with Gasteiger partial charge in [0.1, 0.15) is 0 Å². The fourth-order valence-corrected chi connectivity index (χ4v) is 4.00. The van der Waals surface area contributed by atoms with E-state index in [-0.39, 0.29) is 11.9 Å². The Balaban J connectivity index is 1.96. The summed E-state index contributed by atoms with van der Waals surface area (Å²) in [4.78, 5) is 11.5. The van der Waals surface area contributed by atoms with Crippen molar-refractivity contribution in [1.82, 2.24) is 0 Å². The van der Waals surface area contributed by atoms with Crippen molar-refractivity contribution < 1.29 is 9.53 Å². The molecular weight excluding hydrogens is 164 g/mol. The molecule has 3 fully saturated rings. The average molecular weight is 180 g/mol. The van der Waals surface area contributed by atoms with E-state index in [1.54, 1.807) is 0 Å². The molecular formula is C11H16O2. The van der Waals surface area contributed by atoms with Gasteiger partial charge in [0.15, 0.2) is 0 Å².